The van der Waals surface area contributed by atoms with Gasteiger partial charge in [0.25, 0.3) is 11.8 Å². The van der Waals surface area contributed by atoms with Crippen molar-refractivity contribution in [3.8, 4) is 0 Å². The van der Waals surface area contributed by atoms with Crippen LogP contribution in [0, 0.1) is 23.2 Å². The van der Waals surface area contributed by atoms with E-state index < -0.39 is 0 Å². The van der Waals surface area contributed by atoms with Crippen LogP contribution in [0.3, 0.4) is 0 Å². The van der Waals surface area contributed by atoms with Crippen molar-refractivity contribution >= 4 is 11.8 Å². The van der Waals surface area contributed by atoms with Gasteiger partial charge in [-0.3, -0.25) is 14.5 Å². The van der Waals surface area contributed by atoms with Crippen molar-refractivity contribution in [2.75, 3.05) is 0 Å². The Bertz CT molecular complexity index is 703. The largest absolute Gasteiger partial charge is 0.269 e. The summed E-state index contributed by atoms with van der Waals surface area (Å²) in [4.78, 5) is 26.7. The van der Waals surface area contributed by atoms with Gasteiger partial charge in [-0.05, 0) is 34.8 Å². The highest BCUT2D eigenvalue weighted by Crippen LogP contribution is 2.66. The van der Waals surface area contributed by atoms with Gasteiger partial charge in [0, 0.05) is 17.6 Å². The number of fused-ring (bicyclic) bond motifs is 1. The molecule has 3 heteroatoms. The molecule has 0 radical (unpaired) electrons. The molecule has 0 N–H and O–H groups in total. The molecule has 1 aliphatic heterocycles. The molecule has 0 aromatic heterocycles. The van der Waals surface area contributed by atoms with E-state index in [0.717, 1.165) is 5.56 Å². The summed E-state index contributed by atoms with van der Waals surface area (Å²) in [7, 11) is 0. The van der Waals surface area contributed by atoms with Gasteiger partial charge >= 0.3 is 0 Å². The lowest BCUT2D eigenvalue weighted by atomic mass is 9.56. The molecule has 2 aliphatic rings. The zero-order chi connectivity index (χ0) is 18.5. The molecule has 0 saturated heterocycles. The molecule has 0 spiro atoms. The first-order valence-electron chi connectivity index (χ1n) is 9.38. The van der Waals surface area contributed by atoms with Gasteiger partial charge in [0.1, 0.15) is 0 Å². The number of hydrogen-bond donors (Lipinski definition) is 0. The third-order valence-electron chi connectivity index (χ3n) is 6.41. The molecule has 0 bridgehead atoms. The predicted octanol–water partition coefficient (Wildman–Crippen LogP) is 4.70. The zero-order valence-electron chi connectivity index (χ0n) is 16.1. The van der Waals surface area contributed by atoms with Crippen LogP contribution in [0.4, 0.5) is 0 Å². The summed E-state index contributed by atoms with van der Waals surface area (Å²) in [6.07, 6.45) is 2.83. The maximum absolute atomic E-state index is 12.6. The van der Waals surface area contributed by atoms with Gasteiger partial charge in [0.05, 0.1) is 6.04 Å². The van der Waals surface area contributed by atoms with Crippen LogP contribution in [-0.4, -0.2) is 16.7 Å². The van der Waals surface area contributed by atoms with Crippen molar-refractivity contribution in [3.63, 3.8) is 0 Å². The number of imide groups is 1. The van der Waals surface area contributed by atoms with Gasteiger partial charge in [-0.2, -0.15) is 0 Å². The van der Waals surface area contributed by atoms with Crippen molar-refractivity contribution < 1.29 is 9.59 Å². The van der Waals surface area contributed by atoms with Gasteiger partial charge in [0.2, 0.25) is 0 Å². The predicted molar refractivity (Wildman–Crippen MR) is 99.9 cm³/mol. The molecule has 25 heavy (non-hydrogen) atoms. The third-order valence-corrected chi connectivity index (χ3v) is 6.41. The average Bonchev–Trinajstić information content (AvgIpc) is 3.02. The third kappa shape index (κ3) is 2.32. The Hall–Kier alpha value is -1.90. The molecule has 2 atom stereocenters. The first-order chi connectivity index (χ1) is 11.7. The van der Waals surface area contributed by atoms with Crippen molar-refractivity contribution in [2.24, 2.45) is 23.2 Å². The van der Waals surface area contributed by atoms with Gasteiger partial charge in [-0.15, -0.1) is 0 Å². The van der Waals surface area contributed by atoms with Gasteiger partial charge in [-0.1, -0.05) is 65.8 Å². The standard InChI is InChI=1S/C22H29NO2/c1-13(2)20-16-9-7-8-10-17(16)21(22(20,14(3)4)15(5)6)23-18(24)11-12-19(23)25/h7-15,20-21H,1-6H3/t20-,21+/m0/s1. The Labute approximate surface area is 151 Å². The first kappa shape index (κ1) is 17.9. The number of rotatable bonds is 4. The van der Waals surface area contributed by atoms with Crippen LogP contribution in [0.5, 0.6) is 0 Å². The highest BCUT2D eigenvalue weighted by molar-refractivity contribution is 6.13. The molecule has 1 aromatic carbocycles. The lowest BCUT2D eigenvalue weighted by molar-refractivity contribution is -0.147. The van der Waals surface area contributed by atoms with Crippen LogP contribution < -0.4 is 0 Å². The minimum atomic E-state index is -0.203. The number of benzene rings is 1. The van der Waals surface area contributed by atoms with E-state index in [1.807, 2.05) is 6.07 Å². The molecular weight excluding hydrogens is 310 g/mol. The molecular formula is C22H29NO2. The van der Waals surface area contributed by atoms with Crippen LogP contribution in [0.15, 0.2) is 36.4 Å². The van der Waals surface area contributed by atoms with E-state index in [9.17, 15) is 9.59 Å². The quantitative estimate of drug-likeness (QED) is 0.745. The second-order valence-electron chi connectivity index (χ2n) is 8.44. The van der Waals surface area contributed by atoms with E-state index in [1.165, 1.54) is 22.6 Å². The van der Waals surface area contributed by atoms with Crippen LogP contribution in [0.1, 0.15) is 64.6 Å². The first-order valence-corrected chi connectivity index (χ1v) is 9.38. The lowest BCUT2D eigenvalue weighted by Gasteiger charge is -2.51. The Balaban J connectivity index is 2.32. The molecule has 0 saturated carbocycles. The summed E-state index contributed by atoms with van der Waals surface area (Å²) < 4.78 is 0. The Morgan fingerprint density at radius 3 is 1.76 bits per heavy atom. The van der Waals surface area contributed by atoms with E-state index in [4.69, 9.17) is 0 Å². The summed E-state index contributed by atoms with van der Waals surface area (Å²) in [6.45, 7) is 13.5. The average molecular weight is 339 g/mol. The summed E-state index contributed by atoms with van der Waals surface area (Å²) in [5.74, 6) is 1.04. The molecule has 1 aliphatic carbocycles. The maximum Gasteiger partial charge on any atom is 0.254 e. The summed E-state index contributed by atoms with van der Waals surface area (Å²) in [5.41, 5.74) is 2.28. The van der Waals surface area contributed by atoms with Gasteiger partial charge < -0.3 is 0 Å². The fourth-order valence-electron chi connectivity index (χ4n) is 5.73. The maximum atomic E-state index is 12.6. The normalized spacial score (nSPS) is 24.9. The topological polar surface area (TPSA) is 37.4 Å². The minimum absolute atomic E-state index is 0.171. The highest BCUT2D eigenvalue weighted by Gasteiger charge is 2.60. The second kappa shape index (κ2) is 6.12. The summed E-state index contributed by atoms with van der Waals surface area (Å²) in [5, 5.41) is 0. The van der Waals surface area contributed by atoms with Crippen molar-refractivity contribution in [2.45, 2.75) is 53.5 Å². The number of carbonyl (C=O) groups excluding carboxylic acids is 2. The van der Waals surface area contributed by atoms with E-state index in [-0.39, 0.29) is 23.3 Å². The molecule has 0 fully saturated rings. The second-order valence-corrected chi connectivity index (χ2v) is 8.44. The smallest absolute Gasteiger partial charge is 0.254 e. The SMILES string of the molecule is CC(C)[C@H]1c2ccccc2[C@@H](N2C(=O)C=CC2=O)C1(C(C)C)C(C)C. The highest BCUT2D eigenvalue weighted by atomic mass is 16.2. The Morgan fingerprint density at radius 1 is 0.840 bits per heavy atom. The zero-order valence-corrected chi connectivity index (χ0v) is 16.1. The molecule has 1 heterocycles. The number of amides is 2. The van der Waals surface area contributed by atoms with Crippen molar-refractivity contribution in [1.82, 2.24) is 4.90 Å². The van der Waals surface area contributed by atoms with Gasteiger partial charge in [-0.25, -0.2) is 0 Å². The van der Waals surface area contributed by atoms with E-state index in [1.54, 1.807) is 0 Å². The number of nitrogens with zero attached hydrogens (tertiary/aromatic N) is 1. The summed E-state index contributed by atoms with van der Waals surface area (Å²) >= 11 is 0. The van der Waals surface area contributed by atoms with Gasteiger partial charge in [0.15, 0.2) is 0 Å². The lowest BCUT2D eigenvalue weighted by Crippen LogP contribution is -2.50. The van der Waals surface area contributed by atoms with Crippen LogP contribution in [0.2, 0.25) is 0 Å². The fraction of sp³-hybridized carbons (Fsp3) is 0.545. The Morgan fingerprint density at radius 2 is 1.32 bits per heavy atom. The molecule has 3 nitrogen and oxygen atoms in total. The van der Waals surface area contributed by atoms with Crippen LogP contribution in [0.25, 0.3) is 0 Å². The minimum Gasteiger partial charge on any atom is -0.269 e. The number of hydrogen-bond acceptors (Lipinski definition) is 2. The van der Waals surface area contributed by atoms with E-state index in [0.29, 0.717) is 23.7 Å². The molecule has 1 aromatic rings. The molecule has 0 unspecified atom stereocenters. The Kier molecular flexibility index (Phi) is 4.38. The van der Waals surface area contributed by atoms with E-state index in [2.05, 4.69) is 59.7 Å². The molecule has 2 amide bonds. The number of carbonyl (C=O) groups is 2. The van der Waals surface area contributed by atoms with Crippen LogP contribution in [-0.2, 0) is 9.59 Å². The van der Waals surface area contributed by atoms with E-state index >= 15 is 0 Å². The fourth-order valence-corrected chi connectivity index (χ4v) is 5.73. The summed E-state index contributed by atoms with van der Waals surface area (Å²) in [6, 6.07) is 8.21. The van der Waals surface area contributed by atoms with Crippen LogP contribution >= 0.6 is 0 Å². The van der Waals surface area contributed by atoms with Crippen molar-refractivity contribution in [1.29, 1.82) is 0 Å². The monoisotopic (exact) mass is 339 g/mol. The molecule has 134 valence electrons. The molecule has 3 rings (SSSR count). The van der Waals surface area contributed by atoms with Crippen molar-refractivity contribution in [3.05, 3.63) is 47.5 Å².